The van der Waals surface area contributed by atoms with Gasteiger partial charge in [0.05, 0.1) is 11.6 Å². The molecule has 202 valence electrons. The lowest BCUT2D eigenvalue weighted by Gasteiger charge is -2.47. The molecule has 1 heterocycles. The molecule has 0 unspecified atom stereocenters. The van der Waals surface area contributed by atoms with Crippen molar-refractivity contribution in [3.63, 3.8) is 0 Å². The molecule has 1 saturated heterocycles. The maximum Gasteiger partial charge on any atom is 0.488 e. The third kappa shape index (κ3) is 6.69. The van der Waals surface area contributed by atoms with Gasteiger partial charge in [-0.2, -0.15) is 5.06 Å². The molecule has 4 rings (SSSR count). The number of hydrogen-bond acceptors (Lipinski definition) is 6. The van der Waals surface area contributed by atoms with E-state index in [0.29, 0.717) is 22.8 Å². The molecule has 38 heavy (non-hydrogen) atoms. The van der Waals surface area contributed by atoms with Crippen LogP contribution in [0.25, 0.3) is 0 Å². The molecule has 1 aliphatic heterocycles. The molecule has 9 heteroatoms. The Labute approximate surface area is 233 Å². The van der Waals surface area contributed by atoms with Crippen LogP contribution in [0.3, 0.4) is 0 Å². The van der Waals surface area contributed by atoms with Gasteiger partial charge in [-0.3, -0.25) is 0 Å². The van der Waals surface area contributed by atoms with Crippen LogP contribution in [-0.4, -0.2) is 74.8 Å². The molecular formula is C29H38BClN2O4Si. The molecule has 0 atom stereocenters. The maximum absolute atomic E-state index is 9.27. The zero-order valence-corrected chi connectivity index (χ0v) is 24.3. The van der Waals surface area contributed by atoms with Gasteiger partial charge in [-0.25, -0.2) is 0 Å². The zero-order chi connectivity index (χ0) is 27.2. The molecule has 3 aromatic carbocycles. The van der Waals surface area contributed by atoms with E-state index >= 15 is 0 Å². The highest BCUT2D eigenvalue weighted by molar-refractivity contribution is 6.99. The van der Waals surface area contributed by atoms with Crippen LogP contribution in [0, 0.1) is 0 Å². The monoisotopic (exact) mass is 552 g/mol. The number of hydroxylamine groups is 2. The first-order valence-electron chi connectivity index (χ1n) is 13.3. The Kier molecular flexibility index (Phi) is 9.70. The van der Waals surface area contributed by atoms with Crippen molar-refractivity contribution in [2.75, 3.05) is 39.3 Å². The Balaban J connectivity index is 1.35. The Bertz CT molecular complexity index is 1120. The molecule has 0 amide bonds. The van der Waals surface area contributed by atoms with Crippen molar-refractivity contribution in [3.8, 4) is 5.75 Å². The molecular weight excluding hydrogens is 515 g/mol. The standard InChI is InChI=1S/C29H38BClN2O4Si/c1-29(2,3)38(25-11-6-4-7-12-25,26-13-8-5-9-14-26)37-33-20-18-32(19-21-33)17-10-22-36-28-16-15-24(30(34)35)23-27(28)31/h4-9,11-16,23,34-35H,10,17-22H2,1-3H3. The summed E-state index contributed by atoms with van der Waals surface area (Å²) in [5.74, 6) is 0.555. The first kappa shape index (κ1) is 28.8. The maximum atomic E-state index is 9.27. The topological polar surface area (TPSA) is 65.4 Å². The van der Waals surface area contributed by atoms with Gasteiger partial charge >= 0.3 is 7.12 Å². The molecule has 0 spiro atoms. The summed E-state index contributed by atoms with van der Waals surface area (Å²) < 4.78 is 13.0. The summed E-state index contributed by atoms with van der Waals surface area (Å²) in [6.07, 6.45) is 0.871. The number of hydrogen-bond donors (Lipinski definition) is 2. The molecule has 6 nitrogen and oxygen atoms in total. The van der Waals surface area contributed by atoms with E-state index in [1.165, 1.54) is 16.4 Å². The van der Waals surface area contributed by atoms with E-state index in [-0.39, 0.29) is 5.04 Å². The van der Waals surface area contributed by atoms with Crippen molar-refractivity contribution in [3.05, 3.63) is 83.9 Å². The average molecular weight is 553 g/mol. The Morgan fingerprint density at radius 2 is 1.45 bits per heavy atom. The summed E-state index contributed by atoms with van der Waals surface area (Å²) in [6, 6.07) is 26.3. The average Bonchev–Trinajstić information content (AvgIpc) is 2.91. The van der Waals surface area contributed by atoms with E-state index in [0.717, 1.165) is 39.1 Å². The van der Waals surface area contributed by atoms with Crippen LogP contribution < -0.4 is 20.6 Å². The van der Waals surface area contributed by atoms with E-state index in [1.807, 2.05) is 0 Å². The number of rotatable bonds is 10. The smallest absolute Gasteiger partial charge is 0.488 e. The summed E-state index contributed by atoms with van der Waals surface area (Å²) in [5.41, 5.74) is 0.348. The highest BCUT2D eigenvalue weighted by Gasteiger charge is 2.52. The molecule has 0 aromatic heterocycles. The fraction of sp³-hybridized carbons (Fsp3) is 0.379. The third-order valence-electron chi connectivity index (χ3n) is 7.14. The van der Waals surface area contributed by atoms with Crippen molar-refractivity contribution in [2.24, 2.45) is 0 Å². The van der Waals surface area contributed by atoms with Gasteiger partial charge in [-0.1, -0.05) is 99.1 Å². The van der Waals surface area contributed by atoms with Crippen LogP contribution in [0.1, 0.15) is 27.2 Å². The lowest BCUT2D eigenvalue weighted by Crippen LogP contribution is -2.69. The van der Waals surface area contributed by atoms with Crippen LogP contribution in [-0.2, 0) is 4.53 Å². The molecule has 0 saturated carbocycles. The third-order valence-corrected chi connectivity index (χ3v) is 12.4. The summed E-state index contributed by atoms with van der Waals surface area (Å²) in [5, 5.41) is 23.6. The minimum absolute atomic E-state index is 0.0566. The molecule has 0 bridgehead atoms. The fourth-order valence-corrected chi connectivity index (χ4v) is 9.81. The van der Waals surface area contributed by atoms with Gasteiger partial charge in [0.15, 0.2) is 0 Å². The number of halogens is 1. The second-order valence-electron chi connectivity index (χ2n) is 10.8. The lowest BCUT2D eigenvalue weighted by molar-refractivity contribution is -0.0982. The Morgan fingerprint density at radius 3 is 1.95 bits per heavy atom. The van der Waals surface area contributed by atoms with E-state index < -0.39 is 15.4 Å². The summed E-state index contributed by atoms with van der Waals surface area (Å²) in [7, 11) is -4.14. The second-order valence-corrected chi connectivity index (χ2v) is 15.4. The van der Waals surface area contributed by atoms with Crippen molar-refractivity contribution < 1.29 is 19.3 Å². The number of nitrogens with zero attached hydrogens (tertiary/aromatic N) is 2. The van der Waals surface area contributed by atoms with Gasteiger partial charge in [-0.05, 0) is 39.4 Å². The van der Waals surface area contributed by atoms with E-state index in [4.69, 9.17) is 20.9 Å². The number of piperazine rings is 1. The van der Waals surface area contributed by atoms with Crippen LogP contribution in [0.15, 0.2) is 78.9 Å². The van der Waals surface area contributed by atoms with Gasteiger partial charge in [0.1, 0.15) is 5.75 Å². The van der Waals surface area contributed by atoms with E-state index in [1.54, 1.807) is 12.1 Å². The molecule has 1 fully saturated rings. The van der Waals surface area contributed by atoms with Gasteiger partial charge in [0.25, 0.3) is 8.32 Å². The first-order valence-corrected chi connectivity index (χ1v) is 15.6. The summed E-state index contributed by atoms with van der Waals surface area (Å²) in [4.78, 5) is 2.45. The van der Waals surface area contributed by atoms with Crippen LogP contribution in [0.2, 0.25) is 10.1 Å². The molecule has 1 aliphatic rings. The SMILES string of the molecule is CC(C)(C)[Si](ON1CCN(CCCOc2ccc(B(O)O)cc2Cl)CC1)(c1ccccc1)c1ccccc1. The van der Waals surface area contributed by atoms with Crippen LogP contribution in [0.4, 0.5) is 0 Å². The lowest BCUT2D eigenvalue weighted by atomic mass is 9.80. The molecule has 2 N–H and O–H groups in total. The first-order chi connectivity index (χ1) is 18.2. The normalized spacial score (nSPS) is 15.4. The highest BCUT2D eigenvalue weighted by Crippen LogP contribution is 2.37. The molecule has 0 radical (unpaired) electrons. The van der Waals surface area contributed by atoms with Gasteiger partial charge in [0.2, 0.25) is 0 Å². The number of benzene rings is 3. The summed E-state index contributed by atoms with van der Waals surface area (Å²) >= 11 is 6.22. The van der Waals surface area contributed by atoms with E-state index in [2.05, 4.69) is 91.4 Å². The molecule has 0 aliphatic carbocycles. The second kappa shape index (κ2) is 12.8. The van der Waals surface area contributed by atoms with Crippen LogP contribution in [0.5, 0.6) is 5.75 Å². The zero-order valence-electron chi connectivity index (χ0n) is 22.5. The quantitative estimate of drug-likeness (QED) is 0.298. The van der Waals surface area contributed by atoms with Crippen LogP contribution >= 0.6 is 11.6 Å². The van der Waals surface area contributed by atoms with Crippen molar-refractivity contribution in [2.45, 2.75) is 32.2 Å². The summed E-state index contributed by atoms with van der Waals surface area (Å²) in [6.45, 7) is 12.0. The minimum atomic E-state index is -2.60. The predicted octanol–water partition coefficient (Wildman–Crippen LogP) is 2.90. The van der Waals surface area contributed by atoms with Crippen molar-refractivity contribution in [1.29, 1.82) is 0 Å². The van der Waals surface area contributed by atoms with Crippen molar-refractivity contribution >= 4 is 42.9 Å². The minimum Gasteiger partial charge on any atom is -0.492 e. The highest BCUT2D eigenvalue weighted by atomic mass is 35.5. The van der Waals surface area contributed by atoms with E-state index in [9.17, 15) is 10.0 Å². The molecule has 3 aromatic rings. The van der Waals surface area contributed by atoms with Crippen molar-refractivity contribution in [1.82, 2.24) is 9.96 Å². The Morgan fingerprint density at radius 1 is 0.868 bits per heavy atom. The Hall–Kier alpha value is -2.17. The fourth-order valence-electron chi connectivity index (χ4n) is 5.12. The van der Waals surface area contributed by atoms with Gasteiger partial charge in [0, 0.05) is 32.7 Å². The van der Waals surface area contributed by atoms with Gasteiger partial charge in [-0.15, -0.1) is 0 Å². The van der Waals surface area contributed by atoms with Gasteiger partial charge < -0.3 is 24.2 Å². The largest absolute Gasteiger partial charge is 0.492 e. The number of ether oxygens (including phenoxy) is 1. The predicted molar refractivity (Wildman–Crippen MR) is 158 cm³/mol.